The van der Waals surface area contributed by atoms with Crippen molar-refractivity contribution >= 4 is 23.1 Å². The van der Waals surface area contributed by atoms with Crippen LogP contribution in [-0.2, 0) is 19.4 Å². The summed E-state index contributed by atoms with van der Waals surface area (Å²) >= 11 is 1.92. The number of hydrogen-bond donors (Lipinski definition) is 1. The molecule has 1 aliphatic carbocycles. The van der Waals surface area contributed by atoms with Crippen molar-refractivity contribution in [2.75, 3.05) is 5.32 Å². The van der Waals surface area contributed by atoms with E-state index in [-0.39, 0.29) is 12.1 Å². The summed E-state index contributed by atoms with van der Waals surface area (Å²) in [5.41, 5.74) is 8.21. The molecule has 1 aliphatic heterocycles. The van der Waals surface area contributed by atoms with E-state index in [1.54, 1.807) is 0 Å². The van der Waals surface area contributed by atoms with Crippen LogP contribution >= 0.6 is 11.3 Å². The summed E-state index contributed by atoms with van der Waals surface area (Å²) in [5.74, 6) is 0. The van der Waals surface area contributed by atoms with Crippen molar-refractivity contribution in [2.24, 2.45) is 0 Å². The maximum absolute atomic E-state index is 14.0. The molecule has 172 valence electrons. The molecule has 0 radical (unpaired) electrons. The second-order valence-electron chi connectivity index (χ2n) is 9.49. The Morgan fingerprint density at radius 2 is 1.79 bits per heavy atom. The third-order valence-corrected chi connectivity index (χ3v) is 8.51. The Morgan fingerprint density at radius 1 is 0.971 bits per heavy atom. The standard InChI is InChI=1S/C29H29N3OS/c1-19-14-15-24(20(2)17-19)30-29(33)32-18-23-22-11-6-7-13-26(22)34-28(23)31-16-8-12-25(31)27(32)21-9-4-3-5-10-21/h3-5,8-10,12,14-17,27H,6-7,11,13,18H2,1-2H3,(H,30,33)/t27-/m0/s1. The van der Waals surface area contributed by atoms with Crippen LogP contribution in [0.25, 0.3) is 5.00 Å². The number of amides is 2. The summed E-state index contributed by atoms with van der Waals surface area (Å²) in [6.07, 6.45) is 6.92. The normalized spacial score (nSPS) is 16.9. The quantitative estimate of drug-likeness (QED) is 0.333. The van der Waals surface area contributed by atoms with Crippen LogP contribution in [0.15, 0.2) is 66.9 Å². The van der Waals surface area contributed by atoms with Crippen LogP contribution in [0.5, 0.6) is 0 Å². The van der Waals surface area contributed by atoms with Gasteiger partial charge in [-0.25, -0.2) is 4.79 Å². The zero-order chi connectivity index (χ0) is 23.2. The van der Waals surface area contributed by atoms with Crippen molar-refractivity contribution in [3.05, 3.63) is 105 Å². The molecular formula is C29H29N3OS. The Kier molecular flexibility index (Phi) is 5.30. The molecule has 0 unspecified atom stereocenters. The van der Waals surface area contributed by atoms with Crippen LogP contribution < -0.4 is 5.32 Å². The van der Waals surface area contributed by atoms with E-state index in [0.717, 1.165) is 35.3 Å². The molecule has 3 heterocycles. The number of carbonyl (C=O) groups excluding carboxylic acids is 1. The van der Waals surface area contributed by atoms with Crippen LogP contribution in [0, 0.1) is 13.8 Å². The highest BCUT2D eigenvalue weighted by molar-refractivity contribution is 7.15. The number of anilines is 1. The van der Waals surface area contributed by atoms with Gasteiger partial charge >= 0.3 is 6.03 Å². The van der Waals surface area contributed by atoms with E-state index in [1.165, 1.54) is 39.4 Å². The summed E-state index contributed by atoms with van der Waals surface area (Å²) in [6.45, 7) is 4.74. The summed E-state index contributed by atoms with van der Waals surface area (Å²) < 4.78 is 2.33. The zero-order valence-electron chi connectivity index (χ0n) is 19.7. The fourth-order valence-electron chi connectivity index (χ4n) is 5.51. The molecular weight excluding hydrogens is 438 g/mol. The Labute approximate surface area is 204 Å². The van der Waals surface area contributed by atoms with Crippen molar-refractivity contribution < 1.29 is 4.79 Å². The Hall–Kier alpha value is -3.31. The van der Waals surface area contributed by atoms with Gasteiger partial charge in [0.05, 0.1) is 18.3 Å². The van der Waals surface area contributed by atoms with E-state index in [4.69, 9.17) is 0 Å². The number of thiophene rings is 1. The van der Waals surface area contributed by atoms with Gasteiger partial charge in [0.1, 0.15) is 5.00 Å². The molecule has 0 bridgehead atoms. The molecule has 4 nitrogen and oxygen atoms in total. The number of benzene rings is 2. The highest BCUT2D eigenvalue weighted by atomic mass is 32.1. The van der Waals surface area contributed by atoms with Gasteiger partial charge in [0.25, 0.3) is 0 Å². The number of hydrogen-bond acceptors (Lipinski definition) is 2. The van der Waals surface area contributed by atoms with Gasteiger partial charge in [-0.05, 0) is 74.4 Å². The molecule has 0 spiro atoms. The molecule has 2 amide bonds. The molecule has 0 saturated heterocycles. The Morgan fingerprint density at radius 3 is 2.62 bits per heavy atom. The van der Waals surface area contributed by atoms with Gasteiger partial charge in [-0.3, -0.25) is 0 Å². The van der Waals surface area contributed by atoms with Gasteiger partial charge in [-0.1, -0.05) is 48.0 Å². The molecule has 6 rings (SSSR count). The molecule has 4 aromatic rings. The Balaban J connectivity index is 1.49. The predicted octanol–water partition coefficient (Wildman–Crippen LogP) is 7.17. The zero-order valence-corrected chi connectivity index (χ0v) is 20.5. The molecule has 2 aliphatic rings. The number of urea groups is 1. The molecule has 0 fully saturated rings. The summed E-state index contributed by atoms with van der Waals surface area (Å²) in [5, 5.41) is 4.53. The second kappa shape index (κ2) is 8.48. The SMILES string of the molecule is Cc1ccc(NC(=O)N2Cc3c(sc4c3CCCC4)-n3cccc3[C@@H]2c2ccccc2)c(C)c1. The monoisotopic (exact) mass is 467 g/mol. The summed E-state index contributed by atoms with van der Waals surface area (Å²) in [4.78, 5) is 17.5. The highest BCUT2D eigenvalue weighted by Gasteiger charge is 2.36. The topological polar surface area (TPSA) is 37.3 Å². The molecule has 34 heavy (non-hydrogen) atoms. The van der Waals surface area contributed by atoms with Gasteiger partial charge in [-0.2, -0.15) is 0 Å². The summed E-state index contributed by atoms with van der Waals surface area (Å²) in [6, 6.07) is 20.7. The van der Waals surface area contributed by atoms with Gasteiger partial charge in [0, 0.05) is 22.3 Å². The Bertz CT molecular complexity index is 1370. The third kappa shape index (κ3) is 3.55. The van der Waals surface area contributed by atoms with Crippen LogP contribution in [0.3, 0.4) is 0 Å². The summed E-state index contributed by atoms with van der Waals surface area (Å²) in [7, 11) is 0. The predicted molar refractivity (Wildman–Crippen MR) is 139 cm³/mol. The lowest BCUT2D eigenvalue weighted by atomic mass is 9.95. The first-order chi connectivity index (χ1) is 16.6. The third-order valence-electron chi connectivity index (χ3n) is 7.18. The second-order valence-corrected chi connectivity index (χ2v) is 10.6. The fraction of sp³-hybridized carbons (Fsp3) is 0.276. The lowest BCUT2D eigenvalue weighted by molar-refractivity contribution is 0.194. The van der Waals surface area contributed by atoms with E-state index in [9.17, 15) is 4.79 Å². The lowest BCUT2D eigenvalue weighted by Crippen LogP contribution is -2.38. The molecule has 5 heteroatoms. The fourth-order valence-corrected chi connectivity index (χ4v) is 6.92. The number of rotatable bonds is 2. The first-order valence-electron chi connectivity index (χ1n) is 12.1. The smallest absolute Gasteiger partial charge is 0.310 e. The number of nitrogens with one attached hydrogen (secondary N) is 1. The number of aromatic nitrogens is 1. The number of carbonyl (C=O) groups is 1. The van der Waals surface area contributed by atoms with E-state index >= 15 is 0 Å². The molecule has 1 N–H and O–H groups in total. The lowest BCUT2D eigenvalue weighted by Gasteiger charge is -2.31. The largest absolute Gasteiger partial charge is 0.322 e. The van der Waals surface area contributed by atoms with E-state index in [2.05, 4.69) is 78.5 Å². The molecule has 2 aromatic carbocycles. The van der Waals surface area contributed by atoms with E-state index in [0.29, 0.717) is 6.54 Å². The minimum Gasteiger partial charge on any atom is -0.310 e. The van der Waals surface area contributed by atoms with E-state index in [1.807, 2.05) is 28.4 Å². The maximum Gasteiger partial charge on any atom is 0.322 e. The van der Waals surface area contributed by atoms with Gasteiger partial charge in [0.15, 0.2) is 0 Å². The van der Waals surface area contributed by atoms with Crippen LogP contribution in [0.4, 0.5) is 10.5 Å². The van der Waals surface area contributed by atoms with Gasteiger partial charge in [0.2, 0.25) is 0 Å². The average Bonchev–Trinajstić information content (AvgIpc) is 3.43. The van der Waals surface area contributed by atoms with Crippen molar-refractivity contribution in [1.82, 2.24) is 9.47 Å². The van der Waals surface area contributed by atoms with Crippen LogP contribution in [-0.4, -0.2) is 15.5 Å². The first-order valence-corrected chi connectivity index (χ1v) is 12.9. The number of nitrogens with zero attached hydrogens (tertiary/aromatic N) is 2. The first kappa shape index (κ1) is 21.2. The van der Waals surface area contributed by atoms with Crippen molar-refractivity contribution in [2.45, 2.75) is 52.1 Å². The van der Waals surface area contributed by atoms with Gasteiger partial charge < -0.3 is 14.8 Å². The van der Waals surface area contributed by atoms with Crippen molar-refractivity contribution in [3.8, 4) is 5.00 Å². The molecule has 2 aromatic heterocycles. The van der Waals surface area contributed by atoms with E-state index < -0.39 is 0 Å². The van der Waals surface area contributed by atoms with Crippen molar-refractivity contribution in [1.29, 1.82) is 0 Å². The molecule has 1 atom stereocenters. The average molecular weight is 468 g/mol. The van der Waals surface area contributed by atoms with Crippen molar-refractivity contribution in [3.63, 3.8) is 0 Å². The highest BCUT2D eigenvalue weighted by Crippen LogP contribution is 2.44. The number of fused-ring (bicyclic) bond motifs is 5. The van der Waals surface area contributed by atoms with Crippen LogP contribution in [0.1, 0.15) is 57.3 Å². The van der Waals surface area contributed by atoms with Crippen LogP contribution in [0.2, 0.25) is 0 Å². The minimum absolute atomic E-state index is 0.0582. The minimum atomic E-state index is -0.166. The van der Waals surface area contributed by atoms with Gasteiger partial charge in [-0.15, -0.1) is 11.3 Å². The number of aryl methyl sites for hydroxylation is 3. The molecule has 0 saturated carbocycles. The maximum atomic E-state index is 14.0.